The van der Waals surface area contributed by atoms with Crippen LogP contribution in [-0.2, 0) is 9.59 Å². The van der Waals surface area contributed by atoms with Gasteiger partial charge in [0.25, 0.3) is 5.91 Å². The van der Waals surface area contributed by atoms with E-state index in [1.54, 1.807) is 0 Å². The molecule has 0 aromatic rings. The molecule has 54 valence electrons. The Hall–Kier alpha value is -1.12. The molecule has 10 heavy (non-hydrogen) atoms. The highest BCUT2D eigenvalue weighted by atomic mass is 16.2. The summed E-state index contributed by atoms with van der Waals surface area (Å²) in [6, 6.07) is 0. The second-order valence-electron chi connectivity index (χ2n) is 2.25. The van der Waals surface area contributed by atoms with E-state index in [0.29, 0.717) is 6.42 Å². The lowest BCUT2D eigenvalue weighted by atomic mass is 10.1. The molecule has 3 heteroatoms. The van der Waals surface area contributed by atoms with Crippen LogP contribution in [0.3, 0.4) is 0 Å². The molecular weight excluding hydrogens is 130 g/mol. The van der Waals surface area contributed by atoms with Crippen molar-refractivity contribution < 1.29 is 9.59 Å². The summed E-state index contributed by atoms with van der Waals surface area (Å²) in [6.45, 7) is 1.93. The second kappa shape index (κ2) is 2.64. The molecule has 0 unspecified atom stereocenters. The largest absolute Gasteiger partial charge is 0.293 e. The zero-order chi connectivity index (χ0) is 7.56. The highest BCUT2D eigenvalue weighted by Crippen LogP contribution is 2.08. The van der Waals surface area contributed by atoms with Crippen LogP contribution in [0, 0.1) is 0 Å². The summed E-state index contributed by atoms with van der Waals surface area (Å²) in [6.07, 6.45) is 2.64. The average Bonchev–Trinajstić information content (AvgIpc) is 1.85. The summed E-state index contributed by atoms with van der Waals surface area (Å²) in [7, 11) is 0. The van der Waals surface area contributed by atoms with Crippen LogP contribution in [0.1, 0.15) is 19.8 Å². The van der Waals surface area contributed by atoms with E-state index in [2.05, 4.69) is 5.32 Å². The molecule has 1 aliphatic heterocycles. The van der Waals surface area contributed by atoms with Crippen molar-refractivity contribution in [1.82, 2.24) is 5.32 Å². The van der Waals surface area contributed by atoms with E-state index < -0.39 is 0 Å². The molecule has 0 aliphatic carbocycles. The number of nitrogens with one attached hydrogen (secondary N) is 1. The standard InChI is InChI=1S/C7H9NO2/c1-2-5-3-6(9)8-7(10)4-5/h3H,2,4H2,1H3,(H,8,9,10). The Morgan fingerprint density at radius 3 is 2.80 bits per heavy atom. The van der Waals surface area contributed by atoms with Crippen LogP contribution in [-0.4, -0.2) is 11.8 Å². The fraction of sp³-hybridized carbons (Fsp3) is 0.429. The van der Waals surface area contributed by atoms with Crippen LogP contribution in [0.5, 0.6) is 0 Å². The van der Waals surface area contributed by atoms with Crippen LogP contribution in [0.15, 0.2) is 11.6 Å². The summed E-state index contributed by atoms with van der Waals surface area (Å²) >= 11 is 0. The summed E-state index contributed by atoms with van der Waals surface area (Å²) in [5, 5.41) is 2.19. The quantitative estimate of drug-likeness (QED) is 0.533. The van der Waals surface area contributed by atoms with Crippen LogP contribution in [0.25, 0.3) is 0 Å². The van der Waals surface area contributed by atoms with Gasteiger partial charge < -0.3 is 0 Å². The van der Waals surface area contributed by atoms with Gasteiger partial charge in [0.1, 0.15) is 0 Å². The first-order valence-corrected chi connectivity index (χ1v) is 3.25. The summed E-state index contributed by atoms with van der Waals surface area (Å²) < 4.78 is 0. The minimum atomic E-state index is -0.284. The molecule has 1 heterocycles. The Labute approximate surface area is 59.1 Å². The zero-order valence-corrected chi connectivity index (χ0v) is 5.81. The molecule has 0 aromatic carbocycles. The van der Waals surface area contributed by atoms with Gasteiger partial charge in [-0.1, -0.05) is 12.5 Å². The van der Waals surface area contributed by atoms with Crippen LogP contribution in [0.4, 0.5) is 0 Å². The molecule has 2 amide bonds. The second-order valence-corrected chi connectivity index (χ2v) is 2.25. The predicted molar refractivity (Wildman–Crippen MR) is 36.1 cm³/mol. The molecule has 0 aromatic heterocycles. The van der Waals surface area contributed by atoms with Crippen molar-refractivity contribution in [2.75, 3.05) is 0 Å². The highest BCUT2D eigenvalue weighted by molar-refractivity contribution is 6.04. The maximum Gasteiger partial charge on any atom is 0.250 e. The van der Waals surface area contributed by atoms with E-state index in [1.165, 1.54) is 6.08 Å². The van der Waals surface area contributed by atoms with Crippen molar-refractivity contribution in [3.05, 3.63) is 11.6 Å². The first kappa shape index (κ1) is 6.99. The van der Waals surface area contributed by atoms with Crippen LogP contribution >= 0.6 is 0 Å². The third kappa shape index (κ3) is 1.43. The van der Waals surface area contributed by atoms with Gasteiger partial charge in [0.2, 0.25) is 5.91 Å². The Balaban J connectivity index is 2.74. The van der Waals surface area contributed by atoms with Crippen molar-refractivity contribution in [1.29, 1.82) is 0 Å². The summed E-state index contributed by atoms with van der Waals surface area (Å²) in [5.41, 5.74) is 0.911. The fourth-order valence-corrected chi connectivity index (χ4v) is 0.887. The van der Waals surface area contributed by atoms with Crippen molar-refractivity contribution in [3.8, 4) is 0 Å². The molecule has 0 radical (unpaired) electrons. The smallest absolute Gasteiger partial charge is 0.250 e. The highest BCUT2D eigenvalue weighted by Gasteiger charge is 2.13. The molecule has 0 saturated heterocycles. The lowest BCUT2D eigenvalue weighted by Crippen LogP contribution is -2.32. The lowest BCUT2D eigenvalue weighted by molar-refractivity contribution is -0.128. The third-order valence-corrected chi connectivity index (χ3v) is 1.44. The van der Waals surface area contributed by atoms with Crippen molar-refractivity contribution >= 4 is 11.8 Å². The minimum absolute atomic E-state index is 0.190. The van der Waals surface area contributed by atoms with Crippen molar-refractivity contribution in [3.63, 3.8) is 0 Å². The fourth-order valence-electron chi connectivity index (χ4n) is 0.887. The normalized spacial score (nSPS) is 18.3. The maximum atomic E-state index is 10.7. The number of imide groups is 1. The van der Waals surface area contributed by atoms with Crippen LogP contribution < -0.4 is 5.32 Å². The monoisotopic (exact) mass is 139 g/mol. The SMILES string of the molecule is CCC1=CC(=O)NC(=O)C1. The first-order valence-electron chi connectivity index (χ1n) is 3.25. The van der Waals surface area contributed by atoms with E-state index in [1.807, 2.05) is 6.92 Å². The average molecular weight is 139 g/mol. The molecule has 1 rings (SSSR count). The molecule has 1 aliphatic rings. The van der Waals surface area contributed by atoms with Gasteiger partial charge in [0, 0.05) is 12.5 Å². The number of carbonyl (C=O) groups is 2. The Morgan fingerprint density at radius 1 is 1.60 bits per heavy atom. The number of carbonyl (C=O) groups excluding carboxylic acids is 2. The Kier molecular flexibility index (Phi) is 1.85. The Bertz CT molecular complexity index is 206. The topological polar surface area (TPSA) is 46.2 Å². The van der Waals surface area contributed by atoms with E-state index in [9.17, 15) is 9.59 Å². The van der Waals surface area contributed by atoms with Gasteiger partial charge in [-0.15, -0.1) is 0 Å². The van der Waals surface area contributed by atoms with E-state index in [-0.39, 0.29) is 11.8 Å². The number of hydrogen-bond acceptors (Lipinski definition) is 2. The molecule has 0 spiro atoms. The van der Waals surface area contributed by atoms with Gasteiger partial charge in [-0.25, -0.2) is 0 Å². The number of rotatable bonds is 1. The van der Waals surface area contributed by atoms with Crippen molar-refractivity contribution in [2.24, 2.45) is 0 Å². The molecule has 0 saturated carbocycles. The summed E-state index contributed by atoms with van der Waals surface area (Å²) in [5.74, 6) is -0.475. The zero-order valence-electron chi connectivity index (χ0n) is 5.81. The lowest BCUT2D eigenvalue weighted by Gasteiger charge is -2.09. The van der Waals surface area contributed by atoms with E-state index in [0.717, 1.165) is 12.0 Å². The third-order valence-electron chi connectivity index (χ3n) is 1.44. The Morgan fingerprint density at radius 2 is 2.30 bits per heavy atom. The molecule has 0 atom stereocenters. The van der Waals surface area contributed by atoms with Gasteiger partial charge in [0.05, 0.1) is 0 Å². The van der Waals surface area contributed by atoms with Gasteiger partial charge >= 0.3 is 0 Å². The van der Waals surface area contributed by atoms with Crippen LogP contribution in [0.2, 0.25) is 0 Å². The molecule has 0 fully saturated rings. The molecule has 0 bridgehead atoms. The van der Waals surface area contributed by atoms with Gasteiger partial charge in [-0.3, -0.25) is 14.9 Å². The molecule has 3 nitrogen and oxygen atoms in total. The summed E-state index contributed by atoms with van der Waals surface area (Å²) in [4.78, 5) is 21.3. The van der Waals surface area contributed by atoms with E-state index in [4.69, 9.17) is 0 Å². The molecule has 1 N–H and O–H groups in total. The minimum Gasteiger partial charge on any atom is -0.293 e. The predicted octanol–water partition coefficient (Wildman–Crippen LogP) is 0.369. The van der Waals surface area contributed by atoms with Crippen molar-refractivity contribution in [2.45, 2.75) is 19.8 Å². The maximum absolute atomic E-state index is 10.7. The van der Waals surface area contributed by atoms with Gasteiger partial charge in [-0.2, -0.15) is 0 Å². The van der Waals surface area contributed by atoms with E-state index >= 15 is 0 Å². The number of amides is 2. The number of hydrogen-bond donors (Lipinski definition) is 1. The molecular formula is C7H9NO2. The van der Waals surface area contributed by atoms with Gasteiger partial charge in [0.15, 0.2) is 0 Å². The first-order chi connectivity index (χ1) is 4.72. The van der Waals surface area contributed by atoms with Gasteiger partial charge in [-0.05, 0) is 6.42 Å².